The lowest BCUT2D eigenvalue weighted by atomic mass is 9.69. The second-order valence-corrected chi connectivity index (χ2v) is 12.2. The first-order valence-electron chi connectivity index (χ1n) is 14.3. The number of rotatable bonds is 4. The molecule has 0 aromatic heterocycles. The smallest absolute Gasteiger partial charge is 0.163 e. The number of phenols is 4. The Kier molecular flexibility index (Phi) is 7.10. The zero-order chi connectivity index (χ0) is 30.8. The summed E-state index contributed by atoms with van der Waals surface area (Å²) in [6, 6.07) is 14.8. The van der Waals surface area contributed by atoms with Crippen molar-refractivity contribution in [1.29, 1.82) is 0 Å². The number of phenolic OH excluding ortho intramolecular Hbond substituents is 4. The van der Waals surface area contributed by atoms with E-state index in [1.54, 1.807) is 36.4 Å². The summed E-state index contributed by atoms with van der Waals surface area (Å²) in [7, 11) is 0. The SMILES string of the molecule is C[C@H]1Cc2c(C(C)(C)c3cc(O)c(O)c4c3C[C@H](C)OC4c3ccc(F)cc3)cc(O)c(O)c2C(c2ccc(F)cc2)O1. The summed E-state index contributed by atoms with van der Waals surface area (Å²) in [6.07, 6.45) is -1.16. The molecule has 4 atom stereocenters. The van der Waals surface area contributed by atoms with Crippen LogP contribution in [0.25, 0.3) is 0 Å². The van der Waals surface area contributed by atoms with Crippen LogP contribution in [0.1, 0.15) is 84.4 Å². The Morgan fingerprint density at radius 2 is 0.977 bits per heavy atom. The molecule has 8 heteroatoms. The summed E-state index contributed by atoms with van der Waals surface area (Å²) in [5.41, 5.74) is 4.21. The minimum Gasteiger partial charge on any atom is -0.504 e. The molecule has 4 aromatic carbocycles. The molecule has 2 unspecified atom stereocenters. The van der Waals surface area contributed by atoms with Gasteiger partial charge >= 0.3 is 0 Å². The van der Waals surface area contributed by atoms with Gasteiger partial charge in [0.1, 0.15) is 23.8 Å². The molecule has 0 fully saturated rings. The maximum Gasteiger partial charge on any atom is 0.163 e. The lowest BCUT2D eigenvalue weighted by Gasteiger charge is -2.40. The number of hydrogen-bond donors (Lipinski definition) is 4. The number of halogens is 2. The van der Waals surface area contributed by atoms with Gasteiger partial charge in [-0.1, -0.05) is 38.1 Å². The Labute approximate surface area is 248 Å². The molecule has 6 nitrogen and oxygen atoms in total. The fourth-order valence-electron chi connectivity index (χ4n) is 6.74. The zero-order valence-electron chi connectivity index (χ0n) is 24.4. The summed E-state index contributed by atoms with van der Waals surface area (Å²) in [5, 5.41) is 44.3. The van der Waals surface area contributed by atoms with Crippen molar-refractivity contribution in [2.24, 2.45) is 0 Å². The van der Waals surface area contributed by atoms with Crippen LogP contribution in [0.15, 0.2) is 60.7 Å². The molecule has 2 aliphatic heterocycles. The Hall–Kier alpha value is -4.14. The quantitative estimate of drug-likeness (QED) is 0.188. The topological polar surface area (TPSA) is 99.4 Å². The van der Waals surface area contributed by atoms with Crippen LogP contribution in [0.4, 0.5) is 8.78 Å². The first kappa shape index (κ1) is 29.0. The van der Waals surface area contributed by atoms with Gasteiger partial charge in [0, 0.05) is 16.5 Å². The molecular weight excluding hydrogens is 554 g/mol. The maximum atomic E-state index is 13.8. The maximum absolute atomic E-state index is 13.8. The third kappa shape index (κ3) is 4.88. The third-order valence-electron chi connectivity index (χ3n) is 8.79. The Morgan fingerprint density at radius 1 is 0.628 bits per heavy atom. The standard InChI is InChI=1S/C35H34F2O6/c1-17-13-23-25(15-27(38)31(40)29(23)33(42-17)19-5-9-21(36)10-6-19)35(3,4)26-16-28(39)32(41)30-24(26)14-18(2)43-34(30)20-7-11-22(37)12-8-20/h5-12,15-18,33-34,38-41H,13-14H2,1-4H3/t17-,18-,33?,34?/m0/s1. The monoisotopic (exact) mass is 588 g/mol. The van der Waals surface area contributed by atoms with E-state index in [1.165, 1.54) is 24.3 Å². The molecule has 4 aromatic rings. The molecule has 2 aliphatic rings. The molecule has 224 valence electrons. The molecule has 0 amide bonds. The summed E-state index contributed by atoms with van der Waals surface area (Å²) in [5.74, 6) is -2.06. The molecule has 0 saturated carbocycles. The van der Waals surface area contributed by atoms with E-state index in [1.807, 2.05) is 27.7 Å². The molecule has 6 rings (SSSR count). The van der Waals surface area contributed by atoms with E-state index in [-0.39, 0.29) is 35.2 Å². The highest BCUT2D eigenvalue weighted by molar-refractivity contribution is 5.64. The molecule has 0 spiro atoms. The highest BCUT2D eigenvalue weighted by atomic mass is 19.1. The molecule has 0 radical (unpaired) electrons. The van der Waals surface area contributed by atoms with Crippen molar-refractivity contribution in [3.63, 3.8) is 0 Å². The normalized spacial score (nSPS) is 21.7. The number of benzene rings is 4. The molecular formula is C35H34F2O6. The van der Waals surface area contributed by atoms with Gasteiger partial charge in [-0.2, -0.15) is 0 Å². The van der Waals surface area contributed by atoms with Crippen LogP contribution in [0, 0.1) is 11.6 Å². The molecule has 4 N–H and O–H groups in total. The van der Waals surface area contributed by atoms with Gasteiger partial charge in [-0.25, -0.2) is 8.78 Å². The van der Waals surface area contributed by atoms with Gasteiger partial charge in [0.05, 0.1) is 12.2 Å². The highest BCUT2D eigenvalue weighted by Crippen LogP contribution is 2.53. The van der Waals surface area contributed by atoms with Crippen molar-refractivity contribution in [3.8, 4) is 23.0 Å². The van der Waals surface area contributed by atoms with Crippen molar-refractivity contribution in [2.75, 3.05) is 0 Å². The van der Waals surface area contributed by atoms with Crippen molar-refractivity contribution < 1.29 is 38.7 Å². The molecule has 0 aliphatic carbocycles. The van der Waals surface area contributed by atoms with Gasteiger partial charge in [-0.05, 0) is 96.5 Å². The lowest BCUT2D eigenvalue weighted by molar-refractivity contribution is 0.00487. The predicted molar refractivity (Wildman–Crippen MR) is 157 cm³/mol. The summed E-state index contributed by atoms with van der Waals surface area (Å²) in [4.78, 5) is 0. The van der Waals surface area contributed by atoms with Crippen molar-refractivity contribution >= 4 is 0 Å². The van der Waals surface area contributed by atoms with Gasteiger partial charge in [0.2, 0.25) is 0 Å². The van der Waals surface area contributed by atoms with E-state index >= 15 is 0 Å². The van der Waals surface area contributed by atoms with Crippen LogP contribution < -0.4 is 0 Å². The van der Waals surface area contributed by atoms with Crippen molar-refractivity contribution in [2.45, 2.75) is 70.4 Å². The lowest BCUT2D eigenvalue weighted by Crippen LogP contribution is -2.32. The summed E-state index contributed by atoms with van der Waals surface area (Å²) >= 11 is 0. The first-order valence-corrected chi connectivity index (χ1v) is 14.3. The fraction of sp³-hybridized carbons (Fsp3) is 0.314. The second-order valence-electron chi connectivity index (χ2n) is 12.2. The first-order chi connectivity index (χ1) is 20.4. The Balaban J connectivity index is 1.57. The van der Waals surface area contributed by atoms with Gasteiger partial charge in [0.25, 0.3) is 0 Å². The minimum atomic E-state index is -0.862. The van der Waals surface area contributed by atoms with Gasteiger partial charge in [0.15, 0.2) is 23.0 Å². The fourth-order valence-corrected chi connectivity index (χ4v) is 6.74. The van der Waals surface area contributed by atoms with Crippen molar-refractivity contribution in [3.05, 3.63) is 117 Å². The van der Waals surface area contributed by atoms with E-state index in [2.05, 4.69) is 0 Å². The molecule has 0 bridgehead atoms. The number of hydrogen-bond acceptors (Lipinski definition) is 6. The predicted octanol–water partition coefficient (Wildman–Crippen LogP) is 7.21. The van der Waals surface area contributed by atoms with Crippen LogP contribution in [0.3, 0.4) is 0 Å². The Morgan fingerprint density at radius 3 is 1.33 bits per heavy atom. The van der Waals surface area contributed by atoms with Crippen LogP contribution in [-0.4, -0.2) is 32.6 Å². The summed E-state index contributed by atoms with van der Waals surface area (Å²) < 4.78 is 40.0. The average Bonchev–Trinajstić information content (AvgIpc) is 2.96. The largest absolute Gasteiger partial charge is 0.504 e. The molecule has 43 heavy (non-hydrogen) atoms. The number of ether oxygens (including phenoxy) is 2. The second kappa shape index (κ2) is 10.5. The molecule has 2 heterocycles. The number of aromatic hydroxyl groups is 4. The zero-order valence-corrected chi connectivity index (χ0v) is 24.4. The van der Waals surface area contributed by atoms with E-state index in [4.69, 9.17) is 9.47 Å². The average molecular weight is 589 g/mol. The van der Waals surface area contributed by atoms with Gasteiger partial charge in [-0.15, -0.1) is 0 Å². The summed E-state index contributed by atoms with van der Waals surface area (Å²) in [6.45, 7) is 7.76. The Bertz CT molecular complexity index is 1570. The van der Waals surface area contributed by atoms with E-state index in [9.17, 15) is 29.2 Å². The van der Waals surface area contributed by atoms with E-state index < -0.39 is 29.3 Å². The van der Waals surface area contributed by atoms with Crippen LogP contribution in [-0.2, 0) is 27.7 Å². The number of fused-ring (bicyclic) bond motifs is 2. The van der Waals surface area contributed by atoms with Crippen LogP contribution in [0.5, 0.6) is 23.0 Å². The minimum absolute atomic E-state index is 0.264. The van der Waals surface area contributed by atoms with Gasteiger partial charge < -0.3 is 29.9 Å². The highest BCUT2D eigenvalue weighted by Gasteiger charge is 2.41. The van der Waals surface area contributed by atoms with Gasteiger partial charge in [-0.3, -0.25) is 0 Å². The van der Waals surface area contributed by atoms with Crippen LogP contribution in [0.2, 0.25) is 0 Å². The van der Waals surface area contributed by atoms with Crippen molar-refractivity contribution in [1.82, 2.24) is 0 Å². The third-order valence-corrected chi connectivity index (χ3v) is 8.79. The molecule has 0 saturated heterocycles. The van der Waals surface area contributed by atoms with Crippen LogP contribution >= 0.6 is 0 Å². The van der Waals surface area contributed by atoms with E-state index in [0.717, 1.165) is 11.1 Å². The van der Waals surface area contributed by atoms with E-state index in [0.29, 0.717) is 46.2 Å².